The maximum Gasteiger partial charge on any atom is 0.254 e. The maximum absolute atomic E-state index is 12.7. The van der Waals surface area contributed by atoms with Gasteiger partial charge in [0.2, 0.25) is 15.9 Å². The summed E-state index contributed by atoms with van der Waals surface area (Å²) >= 11 is 0. The van der Waals surface area contributed by atoms with Gasteiger partial charge < -0.3 is 9.32 Å². The first-order valence-electron chi connectivity index (χ1n) is 8.23. The highest BCUT2D eigenvalue weighted by molar-refractivity contribution is 7.89. The summed E-state index contributed by atoms with van der Waals surface area (Å²) in [5, 5.41) is 5.08. The van der Waals surface area contributed by atoms with Gasteiger partial charge in [-0.1, -0.05) is 0 Å². The van der Waals surface area contributed by atoms with Crippen LogP contribution in [0.3, 0.4) is 0 Å². The number of carbonyl (C=O) groups excluding carboxylic acids is 1. The Morgan fingerprint density at radius 1 is 1.19 bits per heavy atom. The Labute approximate surface area is 155 Å². The fourth-order valence-electron chi connectivity index (χ4n) is 2.95. The minimum Gasteiger partial charge on any atom is -0.441 e. The van der Waals surface area contributed by atoms with Crippen molar-refractivity contribution in [2.24, 2.45) is 5.14 Å². The molecule has 1 aliphatic rings. The van der Waals surface area contributed by atoms with Crippen LogP contribution in [0.15, 0.2) is 58.1 Å². The van der Waals surface area contributed by atoms with Crippen LogP contribution < -0.4 is 5.14 Å². The Hall–Kier alpha value is -3.04. The minimum atomic E-state index is -3.79. The number of amides is 1. The number of hydrogen-bond donors (Lipinski definition) is 1. The molecule has 27 heavy (non-hydrogen) atoms. The van der Waals surface area contributed by atoms with Gasteiger partial charge in [0.15, 0.2) is 0 Å². The Balaban J connectivity index is 1.54. The van der Waals surface area contributed by atoms with Crippen molar-refractivity contribution < 1.29 is 17.6 Å². The number of fused-ring (bicyclic) bond motifs is 1. The molecule has 2 aromatic heterocycles. The molecule has 0 aliphatic carbocycles. The van der Waals surface area contributed by atoms with Crippen LogP contribution in [0.2, 0.25) is 0 Å². The molecule has 138 valence electrons. The largest absolute Gasteiger partial charge is 0.441 e. The van der Waals surface area contributed by atoms with Crippen molar-refractivity contribution in [3.8, 4) is 11.5 Å². The molecule has 3 heterocycles. The number of oxazole rings is 1. The van der Waals surface area contributed by atoms with Gasteiger partial charge in [0.1, 0.15) is 11.5 Å². The van der Waals surface area contributed by atoms with E-state index in [1.807, 2.05) is 6.07 Å². The summed E-state index contributed by atoms with van der Waals surface area (Å²) in [5.41, 5.74) is 1.89. The second-order valence-corrected chi connectivity index (χ2v) is 7.74. The highest BCUT2D eigenvalue weighted by atomic mass is 32.2. The highest BCUT2D eigenvalue weighted by Crippen LogP contribution is 2.26. The summed E-state index contributed by atoms with van der Waals surface area (Å²) in [6.07, 6.45) is 3.91. The Morgan fingerprint density at radius 2 is 1.96 bits per heavy atom. The number of pyridine rings is 1. The molecule has 0 radical (unpaired) electrons. The first-order valence-corrected chi connectivity index (χ1v) is 9.77. The molecule has 0 spiro atoms. The van der Waals surface area contributed by atoms with Gasteiger partial charge in [0, 0.05) is 30.9 Å². The number of rotatable bonds is 3. The third-order valence-electron chi connectivity index (χ3n) is 4.35. The predicted molar refractivity (Wildman–Crippen MR) is 96.0 cm³/mol. The zero-order valence-corrected chi connectivity index (χ0v) is 15.0. The quantitative estimate of drug-likeness (QED) is 0.732. The van der Waals surface area contributed by atoms with Crippen molar-refractivity contribution in [1.82, 2.24) is 14.9 Å². The number of nitrogens with zero attached hydrogens (tertiary/aromatic N) is 3. The molecule has 1 aliphatic heterocycles. The number of hydrogen-bond acceptors (Lipinski definition) is 6. The fraction of sp³-hybridized carbons (Fsp3) is 0.167. The van der Waals surface area contributed by atoms with Gasteiger partial charge in [-0.25, -0.2) is 18.5 Å². The second-order valence-electron chi connectivity index (χ2n) is 6.18. The van der Waals surface area contributed by atoms with Crippen molar-refractivity contribution in [1.29, 1.82) is 0 Å². The molecule has 0 bridgehead atoms. The minimum absolute atomic E-state index is 0.0300. The summed E-state index contributed by atoms with van der Waals surface area (Å²) in [6.45, 7) is 0.819. The zero-order chi connectivity index (χ0) is 19.0. The summed E-state index contributed by atoms with van der Waals surface area (Å²) < 4.78 is 28.5. The second kappa shape index (κ2) is 6.60. The van der Waals surface area contributed by atoms with E-state index in [9.17, 15) is 13.2 Å². The molecule has 3 aromatic rings. The van der Waals surface area contributed by atoms with Crippen LogP contribution in [0.25, 0.3) is 11.5 Å². The van der Waals surface area contributed by atoms with E-state index in [0.717, 1.165) is 17.0 Å². The average molecular weight is 384 g/mol. The lowest BCUT2D eigenvalue weighted by molar-refractivity contribution is 0.0728. The van der Waals surface area contributed by atoms with Gasteiger partial charge in [0.25, 0.3) is 5.91 Å². The summed E-state index contributed by atoms with van der Waals surface area (Å²) in [6, 6.07) is 9.24. The Bertz CT molecular complexity index is 1090. The SMILES string of the molecule is NS(=O)(=O)c1ccc(C(=O)N2CCc3oc(-c4cccnc4)nc3C2)cc1. The zero-order valence-electron chi connectivity index (χ0n) is 14.2. The van der Waals surface area contributed by atoms with E-state index in [-0.39, 0.29) is 10.8 Å². The number of sulfonamides is 1. The van der Waals surface area contributed by atoms with Crippen LogP contribution >= 0.6 is 0 Å². The number of benzene rings is 1. The fourth-order valence-corrected chi connectivity index (χ4v) is 3.47. The van der Waals surface area contributed by atoms with E-state index in [0.29, 0.717) is 31.0 Å². The topological polar surface area (TPSA) is 119 Å². The first-order chi connectivity index (χ1) is 12.9. The van der Waals surface area contributed by atoms with Gasteiger partial charge in [0.05, 0.1) is 17.0 Å². The molecule has 1 amide bonds. The number of primary sulfonamides is 1. The molecule has 9 heteroatoms. The van der Waals surface area contributed by atoms with E-state index in [2.05, 4.69) is 9.97 Å². The molecule has 0 atom stereocenters. The van der Waals surface area contributed by atoms with Crippen LogP contribution in [-0.2, 0) is 23.0 Å². The molecule has 4 rings (SSSR count). The molecular formula is C18H16N4O4S. The normalized spacial score (nSPS) is 14.0. The number of aromatic nitrogens is 2. The average Bonchev–Trinajstić information content (AvgIpc) is 3.11. The van der Waals surface area contributed by atoms with E-state index >= 15 is 0 Å². The smallest absolute Gasteiger partial charge is 0.254 e. The molecule has 0 unspecified atom stereocenters. The molecule has 0 saturated heterocycles. The Kier molecular flexibility index (Phi) is 4.25. The summed E-state index contributed by atoms with van der Waals surface area (Å²) in [7, 11) is -3.79. The van der Waals surface area contributed by atoms with Gasteiger partial charge in [-0.05, 0) is 36.4 Å². The molecule has 2 N–H and O–H groups in total. The first kappa shape index (κ1) is 17.4. The number of carbonyl (C=O) groups is 1. The summed E-state index contributed by atoms with van der Waals surface area (Å²) in [5.74, 6) is 1.05. The van der Waals surface area contributed by atoms with Gasteiger partial charge in [-0.3, -0.25) is 9.78 Å². The molecule has 0 saturated carbocycles. The standard InChI is InChI=1S/C18H16N4O4S/c19-27(24,25)14-5-3-12(4-6-14)18(23)22-9-7-16-15(11-22)21-17(26-16)13-2-1-8-20-10-13/h1-6,8,10H,7,9,11H2,(H2,19,24,25). The molecule has 0 fully saturated rings. The lowest BCUT2D eigenvalue weighted by Gasteiger charge is -2.25. The van der Waals surface area contributed by atoms with E-state index in [4.69, 9.17) is 9.56 Å². The van der Waals surface area contributed by atoms with Crippen LogP contribution in [0.4, 0.5) is 0 Å². The van der Waals surface area contributed by atoms with Gasteiger partial charge in [-0.2, -0.15) is 0 Å². The van der Waals surface area contributed by atoms with Crippen molar-refractivity contribution in [3.63, 3.8) is 0 Å². The maximum atomic E-state index is 12.7. The summed E-state index contributed by atoms with van der Waals surface area (Å²) in [4.78, 5) is 22.9. The van der Waals surface area contributed by atoms with Crippen molar-refractivity contribution in [2.45, 2.75) is 17.9 Å². The van der Waals surface area contributed by atoms with Crippen LogP contribution in [0.1, 0.15) is 21.8 Å². The number of nitrogens with two attached hydrogens (primary N) is 1. The lowest BCUT2D eigenvalue weighted by Crippen LogP contribution is -2.35. The molecule has 8 nitrogen and oxygen atoms in total. The van der Waals surface area contributed by atoms with Crippen molar-refractivity contribution in [2.75, 3.05) is 6.54 Å². The Morgan fingerprint density at radius 3 is 2.63 bits per heavy atom. The lowest BCUT2D eigenvalue weighted by atomic mass is 10.1. The predicted octanol–water partition coefficient (Wildman–Crippen LogP) is 1.58. The molecule has 1 aromatic carbocycles. The van der Waals surface area contributed by atoms with Crippen LogP contribution in [0.5, 0.6) is 0 Å². The monoisotopic (exact) mass is 384 g/mol. The van der Waals surface area contributed by atoms with Crippen LogP contribution in [0, 0.1) is 0 Å². The molecular weight excluding hydrogens is 368 g/mol. The third-order valence-corrected chi connectivity index (χ3v) is 5.28. The van der Waals surface area contributed by atoms with Crippen LogP contribution in [-0.4, -0.2) is 35.7 Å². The van der Waals surface area contributed by atoms with Crippen molar-refractivity contribution >= 4 is 15.9 Å². The highest BCUT2D eigenvalue weighted by Gasteiger charge is 2.26. The van der Waals surface area contributed by atoms with E-state index < -0.39 is 10.0 Å². The van der Waals surface area contributed by atoms with Crippen molar-refractivity contribution in [3.05, 3.63) is 65.8 Å². The third kappa shape index (κ3) is 3.46. The van der Waals surface area contributed by atoms with E-state index in [1.165, 1.54) is 24.3 Å². The van der Waals surface area contributed by atoms with Gasteiger partial charge in [-0.15, -0.1) is 0 Å². The van der Waals surface area contributed by atoms with E-state index in [1.54, 1.807) is 23.4 Å². The van der Waals surface area contributed by atoms with Gasteiger partial charge >= 0.3 is 0 Å².